The first-order chi connectivity index (χ1) is 7.20. The fourth-order valence-electron chi connectivity index (χ4n) is 1.27. The SMILES string of the molecule is COc1ccc(-c2ncn(C)n2)c(Br)c1. The number of ether oxygens (including phenoxy) is 1. The van der Waals surface area contributed by atoms with Crippen molar-refractivity contribution >= 4 is 15.9 Å². The van der Waals surface area contributed by atoms with Crippen LogP contribution in [-0.4, -0.2) is 21.9 Å². The summed E-state index contributed by atoms with van der Waals surface area (Å²) in [6, 6.07) is 5.71. The van der Waals surface area contributed by atoms with Gasteiger partial charge < -0.3 is 4.74 Å². The smallest absolute Gasteiger partial charge is 0.182 e. The molecule has 0 aliphatic carbocycles. The molecule has 1 heterocycles. The molecular weight excluding hydrogens is 258 g/mol. The molecule has 2 rings (SSSR count). The first kappa shape index (κ1) is 10.2. The zero-order valence-corrected chi connectivity index (χ0v) is 10.0. The zero-order chi connectivity index (χ0) is 10.8. The van der Waals surface area contributed by atoms with Gasteiger partial charge in [-0.25, -0.2) is 4.98 Å². The normalized spacial score (nSPS) is 10.3. The monoisotopic (exact) mass is 267 g/mol. The molecule has 0 aliphatic rings. The lowest BCUT2D eigenvalue weighted by Crippen LogP contribution is -1.89. The number of benzene rings is 1. The van der Waals surface area contributed by atoms with Gasteiger partial charge in [0.05, 0.1) is 7.11 Å². The average Bonchev–Trinajstić information content (AvgIpc) is 2.64. The number of nitrogens with zero attached hydrogens (tertiary/aromatic N) is 3. The zero-order valence-electron chi connectivity index (χ0n) is 8.44. The van der Waals surface area contributed by atoms with Gasteiger partial charge in [0, 0.05) is 17.1 Å². The second-order valence-corrected chi connectivity index (χ2v) is 3.94. The van der Waals surface area contributed by atoms with Gasteiger partial charge in [-0.05, 0) is 34.1 Å². The van der Waals surface area contributed by atoms with E-state index < -0.39 is 0 Å². The molecule has 0 saturated carbocycles. The van der Waals surface area contributed by atoms with Crippen LogP contribution < -0.4 is 4.74 Å². The molecular formula is C10H10BrN3O. The van der Waals surface area contributed by atoms with Crippen molar-refractivity contribution in [2.45, 2.75) is 0 Å². The van der Waals surface area contributed by atoms with Gasteiger partial charge in [-0.2, -0.15) is 5.10 Å². The van der Waals surface area contributed by atoms with Crippen LogP contribution in [0, 0.1) is 0 Å². The Balaban J connectivity index is 2.45. The van der Waals surface area contributed by atoms with E-state index in [0.29, 0.717) is 5.82 Å². The van der Waals surface area contributed by atoms with E-state index in [2.05, 4.69) is 26.0 Å². The number of aryl methyl sites for hydroxylation is 1. The molecule has 1 aromatic carbocycles. The molecule has 0 spiro atoms. The van der Waals surface area contributed by atoms with E-state index >= 15 is 0 Å². The maximum atomic E-state index is 5.12. The van der Waals surface area contributed by atoms with Crippen LogP contribution >= 0.6 is 15.9 Å². The second kappa shape index (κ2) is 4.02. The van der Waals surface area contributed by atoms with Crippen molar-refractivity contribution in [3.05, 3.63) is 29.0 Å². The van der Waals surface area contributed by atoms with Crippen molar-refractivity contribution in [2.24, 2.45) is 7.05 Å². The molecule has 15 heavy (non-hydrogen) atoms. The quantitative estimate of drug-likeness (QED) is 0.838. The molecule has 0 atom stereocenters. The summed E-state index contributed by atoms with van der Waals surface area (Å²) in [5, 5.41) is 4.23. The highest BCUT2D eigenvalue weighted by Crippen LogP contribution is 2.28. The Kier molecular flexibility index (Phi) is 2.73. The lowest BCUT2D eigenvalue weighted by Gasteiger charge is -2.03. The van der Waals surface area contributed by atoms with Crippen LogP contribution in [0.1, 0.15) is 0 Å². The molecule has 0 aliphatic heterocycles. The highest BCUT2D eigenvalue weighted by atomic mass is 79.9. The Hall–Kier alpha value is -1.36. The molecule has 4 nitrogen and oxygen atoms in total. The van der Waals surface area contributed by atoms with Gasteiger partial charge in [-0.3, -0.25) is 4.68 Å². The predicted octanol–water partition coefficient (Wildman–Crippen LogP) is 2.25. The minimum atomic E-state index is 0.701. The minimum absolute atomic E-state index is 0.701. The Morgan fingerprint density at radius 1 is 1.40 bits per heavy atom. The summed E-state index contributed by atoms with van der Waals surface area (Å²) in [6.45, 7) is 0. The minimum Gasteiger partial charge on any atom is -0.497 e. The summed E-state index contributed by atoms with van der Waals surface area (Å²) in [5.74, 6) is 1.51. The molecule has 0 unspecified atom stereocenters. The molecule has 0 N–H and O–H groups in total. The van der Waals surface area contributed by atoms with Gasteiger partial charge in [0.25, 0.3) is 0 Å². The fraction of sp³-hybridized carbons (Fsp3) is 0.200. The lowest BCUT2D eigenvalue weighted by atomic mass is 10.2. The Labute approximate surface area is 96.0 Å². The van der Waals surface area contributed by atoms with Crippen LogP contribution in [0.4, 0.5) is 0 Å². The van der Waals surface area contributed by atoms with E-state index in [1.54, 1.807) is 18.1 Å². The highest BCUT2D eigenvalue weighted by molar-refractivity contribution is 9.10. The molecule has 0 bridgehead atoms. The first-order valence-corrected chi connectivity index (χ1v) is 5.19. The maximum Gasteiger partial charge on any atom is 0.182 e. The van der Waals surface area contributed by atoms with E-state index in [1.165, 1.54) is 0 Å². The van der Waals surface area contributed by atoms with Crippen LogP contribution in [0.3, 0.4) is 0 Å². The van der Waals surface area contributed by atoms with Crippen molar-refractivity contribution in [3.63, 3.8) is 0 Å². The molecule has 78 valence electrons. The molecule has 2 aromatic rings. The van der Waals surface area contributed by atoms with Gasteiger partial charge in [-0.1, -0.05) is 0 Å². The van der Waals surface area contributed by atoms with E-state index in [9.17, 15) is 0 Å². The summed E-state index contributed by atoms with van der Waals surface area (Å²) in [4.78, 5) is 4.18. The predicted molar refractivity (Wildman–Crippen MR) is 60.7 cm³/mol. The molecule has 0 radical (unpaired) electrons. The molecule has 0 amide bonds. The summed E-state index contributed by atoms with van der Waals surface area (Å²) in [6.07, 6.45) is 1.67. The third kappa shape index (κ3) is 2.02. The fourth-order valence-corrected chi connectivity index (χ4v) is 1.80. The van der Waals surface area contributed by atoms with Crippen LogP contribution in [0.5, 0.6) is 5.75 Å². The number of aromatic nitrogens is 3. The maximum absolute atomic E-state index is 5.12. The third-order valence-electron chi connectivity index (χ3n) is 2.02. The first-order valence-electron chi connectivity index (χ1n) is 4.40. The number of hydrogen-bond acceptors (Lipinski definition) is 3. The average molecular weight is 268 g/mol. The van der Waals surface area contributed by atoms with Gasteiger partial charge in [0.2, 0.25) is 0 Å². The van der Waals surface area contributed by atoms with Crippen molar-refractivity contribution in [1.82, 2.24) is 14.8 Å². The van der Waals surface area contributed by atoms with E-state index in [-0.39, 0.29) is 0 Å². The second-order valence-electron chi connectivity index (χ2n) is 3.09. The molecule has 1 aromatic heterocycles. The standard InChI is InChI=1S/C10H10BrN3O/c1-14-6-12-10(13-14)8-4-3-7(15-2)5-9(8)11/h3-6H,1-2H3. The van der Waals surface area contributed by atoms with Crippen LogP contribution in [0.25, 0.3) is 11.4 Å². The summed E-state index contributed by atoms with van der Waals surface area (Å²) >= 11 is 3.46. The van der Waals surface area contributed by atoms with E-state index in [0.717, 1.165) is 15.8 Å². The largest absolute Gasteiger partial charge is 0.497 e. The Morgan fingerprint density at radius 3 is 2.73 bits per heavy atom. The topological polar surface area (TPSA) is 39.9 Å². The van der Waals surface area contributed by atoms with Gasteiger partial charge in [0.1, 0.15) is 12.1 Å². The number of hydrogen-bond donors (Lipinski definition) is 0. The Morgan fingerprint density at radius 2 is 2.20 bits per heavy atom. The van der Waals surface area contributed by atoms with Crippen molar-refractivity contribution in [2.75, 3.05) is 7.11 Å². The summed E-state index contributed by atoms with van der Waals surface area (Å²) in [5.41, 5.74) is 0.955. The Bertz CT molecular complexity index is 481. The van der Waals surface area contributed by atoms with Crippen LogP contribution in [0.2, 0.25) is 0 Å². The summed E-state index contributed by atoms with van der Waals surface area (Å²) < 4.78 is 7.71. The van der Waals surface area contributed by atoms with Gasteiger partial charge in [0.15, 0.2) is 5.82 Å². The third-order valence-corrected chi connectivity index (χ3v) is 2.67. The molecule has 0 saturated heterocycles. The van der Waals surface area contributed by atoms with Crippen LogP contribution in [0.15, 0.2) is 29.0 Å². The lowest BCUT2D eigenvalue weighted by molar-refractivity contribution is 0.414. The molecule has 0 fully saturated rings. The van der Waals surface area contributed by atoms with Crippen molar-refractivity contribution in [1.29, 1.82) is 0 Å². The number of rotatable bonds is 2. The van der Waals surface area contributed by atoms with E-state index in [4.69, 9.17) is 4.74 Å². The summed E-state index contributed by atoms with van der Waals surface area (Å²) in [7, 11) is 3.48. The molecule has 5 heteroatoms. The van der Waals surface area contributed by atoms with Crippen molar-refractivity contribution < 1.29 is 4.74 Å². The van der Waals surface area contributed by atoms with Crippen LogP contribution in [-0.2, 0) is 7.05 Å². The number of methoxy groups -OCH3 is 1. The van der Waals surface area contributed by atoms with Gasteiger partial charge >= 0.3 is 0 Å². The van der Waals surface area contributed by atoms with Crippen molar-refractivity contribution in [3.8, 4) is 17.1 Å². The highest BCUT2D eigenvalue weighted by Gasteiger charge is 2.08. The number of halogens is 1. The van der Waals surface area contributed by atoms with E-state index in [1.807, 2.05) is 25.2 Å². The van der Waals surface area contributed by atoms with Gasteiger partial charge in [-0.15, -0.1) is 0 Å².